The zero-order valence-corrected chi connectivity index (χ0v) is 30.6. The van der Waals surface area contributed by atoms with Crippen LogP contribution in [0.1, 0.15) is 48.4 Å². The summed E-state index contributed by atoms with van der Waals surface area (Å²) in [6, 6.07) is 18.6. The second kappa shape index (κ2) is 12.4. The maximum atomic E-state index is 2.40. The maximum Gasteiger partial charge on any atom is -1.00 e. The minimum Gasteiger partial charge on any atom is -1.00 e. The summed E-state index contributed by atoms with van der Waals surface area (Å²) in [5.41, 5.74) is 13.1. The number of halogens is 2. The molecule has 0 heterocycles. The summed E-state index contributed by atoms with van der Waals surface area (Å²) in [7, 11) is 0. The van der Waals surface area contributed by atoms with Crippen LogP contribution < -0.4 is 45.7 Å². The molecule has 0 atom stereocenters. The van der Waals surface area contributed by atoms with Crippen LogP contribution >= 0.6 is 0 Å². The molecule has 0 nitrogen and oxygen atoms in total. The molecule has 4 aromatic carbocycles. The summed E-state index contributed by atoms with van der Waals surface area (Å²) in [5.74, 6) is 0. The molecule has 0 saturated carbocycles. The van der Waals surface area contributed by atoms with Crippen LogP contribution in [0, 0.1) is 27.7 Å². The van der Waals surface area contributed by atoms with E-state index in [1.807, 2.05) is 0 Å². The van der Waals surface area contributed by atoms with Crippen LogP contribution in [0.25, 0.3) is 41.6 Å². The third-order valence-corrected chi connectivity index (χ3v) is 11.1. The molecule has 0 amide bonds. The van der Waals surface area contributed by atoms with Crippen LogP contribution in [0.15, 0.2) is 96.1 Å². The standard InChI is InChI=1S/C21H20.C19H15.2ClH.Hf/c1-4-15-17-7-5-6-8-18(17)20-12-14(3)16-10-9-13(2)11-19(16)21(15)20;1-12-7-8-15-13(2)10-18-16-6-4-3-5-14(16)11-19(18)17(15)9-12;;;/h5-7,9-12H,4,8H2,1-3H3;3-5,7-10H,6H2,1-2H3;2*1H;/q;;;;+2/p-2. The van der Waals surface area contributed by atoms with Gasteiger partial charge in [0.2, 0.25) is 0 Å². The van der Waals surface area contributed by atoms with Gasteiger partial charge in [-0.25, -0.2) is 0 Å². The fraction of sp³-hybridized carbons (Fsp3) is 0.200. The van der Waals surface area contributed by atoms with E-state index in [9.17, 15) is 0 Å². The van der Waals surface area contributed by atoms with Gasteiger partial charge in [0, 0.05) is 0 Å². The zero-order chi connectivity index (χ0) is 28.4. The van der Waals surface area contributed by atoms with Crippen LogP contribution in [0.3, 0.4) is 0 Å². The summed E-state index contributed by atoms with van der Waals surface area (Å²) in [6.07, 6.45) is 16.8. The number of fused-ring (bicyclic) bond motifs is 8. The number of hydrogen-bond acceptors (Lipinski definition) is 0. The van der Waals surface area contributed by atoms with Gasteiger partial charge in [-0.1, -0.05) is 55.0 Å². The van der Waals surface area contributed by atoms with Crippen LogP contribution in [-0.4, -0.2) is 0 Å². The van der Waals surface area contributed by atoms with E-state index in [0.717, 1.165) is 43.6 Å². The van der Waals surface area contributed by atoms with Gasteiger partial charge in [0.05, 0.1) is 0 Å². The van der Waals surface area contributed by atoms with Crippen LogP contribution in [0.5, 0.6) is 0 Å². The topological polar surface area (TPSA) is 0 Å². The number of rotatable bonds is 1. The van der Waals surface area contributed by atoms with Crippen molar-refractivity contribution in [2.45, 2.75) is 53.9 Å². The Kier molecular flexibility index (Phi) is 9.11. The third kappa shape index (κ3) is 5.12. The van der Waals surface area contributed by atoms with Crippen molar-refractivity contribution in [2.75, 3.05) is 0 Å². The van der Waals surface area contributed by atoms with E-state index in [2.05, 4.69) is 120 Å². The fourth-order valence-corrected chi connectivity index (χ4v) is 9.11. The molecule has 0 aromatic heterocycles. The van der Waals surface area contributed by atoms with Crippen molar-refractivity contribution in [3.63, 3.8) is 0 Å². The van der Waals surface area contributed by atoms with Crippen LogP contribution in [0.4, 0.5) is 0 Å². The van der Waals surface area contributed by atoms with E-state index in [0.29, 0.717) is 0 Å². The normalized spacial score (nSPS) is 15.6. The first-order valence-electron chi connectivity index (χ1n) is 14.9. The van der Waals surface area contributed by atoms with Crippen molar-refractivity contribution in [3.8, 4) is 0 Å². The molecule has 0 N–H and O–H groups in total. The molecular weight excluding hydrogens is 730 g/mol. The first kappa shape index (κ1) is 31.7. The second-order valence-electron chi connectivity index (χ2n) is 11.9. The molecule has 213 valence electrons. The smallest absolute Gasteiger partial charge is 1.00 e. The van der Waals surface area contributed by atoms with Crippen molar-refractivity contribution < 1.29 is 49.2 Å². The number of allylic oxidation sites excluding steroid dienone is 8. The Hall–Kier alpha value is -2.71. The first-order valence-corrected chi connectivity index (χ1v) is 16.7. The predicted molar refractivity (Wildman–Crippen MR) is 173 cm³/mol. The van der Waals surface area contributed by atoms with Crippen molar-refractivity contribution in [1.82, 2.24) is 0 Å². The van der Waals surface area contributed by atoms with Gasteiger partial charge in [-0.05, 0) is 70.2 Å². The summed E-state index contributed by atoms with van der Waals surface area (Å²) in [6.45, 7) is 11.1. The van der Waals surface area contributed by atoms with E-state index in [1.165, 1.54) is 87.0 Å². The first-order chi connectivity index (χ1) is 19.9. The molecule has 0 radical (unpaired) electrons. The number of aryl methyl sites for hydroxylation is 4. The molecule has 4 aliphatic carbocycles. The molecule has 4 aromatic rings. The van der Waals surface area contributed by atoms with E-state index in [-0.39, 0.29) is 24.8 Å². The van der Waals surface area contributed by atoms with Crippen molar-refractivity contribution in [2.24, 2.45) is 0 Å². The maximum absolute atomic E-state index is 2.40. The monoisotopic (exact) mass is 765 g/mol. The van der Waals surface area contributed by atoms with Gasteiger partial charge >= 0.3 is 134 Å². The Bertz CT molecular complexity index is 2220. The summed E-state index contributed by atoms with van der Waals surface area (Å²) in [4.78, 5) is 0. The van der Waals surface area contributed by atoms with Gasteiger partial charge in [0.25, 0.3) is 0 Å². The number of hydrogen-bond donors (Lipinski definition) is 0. The third-order valence-electron chi connectivity index (χ3n) is 9.24. The van der Waals surface area contributed by atoms with E-state index >= 15 is 0 Å². The minimum absolute atomic E-state index is 0. The van der Waals surface area contributed by atoms with E-state index in [1.54, 1.807) is 8.90 Å². The summed E-state index contributed by atoms with van der Waals surface area (Å²) in [5, 5.41) is 11.7. The molecule has 4 aliphatic rings. The van der Waals surface area contributed by atoms with Crippen LogP contribution in [0.2, 0.25) is 0 Å². The molecule has 0 bridgehead atoms. The van der Waals surface area contributed by atoms with Crippen LogP contribution in [-0.2, 0) is 24.4 Å². The Morgan fingerprint density at radius 2 is 1.09 bits per heavy atom. The fourth-order valence-electron chi connectivity index (χ4n) is 7.30. The molecule has 0 unspecified atom stereocenters. The van der Waals surface area contributed by atoms with Crippen molar-refractivity contribution in [1.29, 1.82) is 0 Å². The molecule has 3 heteroatoms. The van der Waals surface area contributed by atoms with Gasteiger partial charge in [-0.3, -0.25) is 0 Å². The molecule has 0 aliphatic heterocycles. The Morgan fingerprint density at radius 1 is 0.605 bits per heavy atom. The number of benzene rings is 4. The van der Waals surface area contributed by atoms with Crippen molar-refractivity contribution in [3.05, 3.63) is 139 Å². The SMILES string of the molecule is CCC1=c2c(cc(C)c3ccc(C)cc23)=C2CC=CC=C21.Cc1ccc2c(C)cc3c(c2c1)=[C]([Hf+2])C1=CC=CCC=31.[Cl-].[Cl-]. The Balaban J connectivity index is 0.000000164. The predicted octanol–water partition coefficient (Wildman–Crippen LogP) is 1.24. The average molecular weight is 765 g/mol. The van der Waals surface area contributed by atoms with Gasteiger partial charge < -0.3 is 24.8 Å². The largest absolute Gasteiger partial charge is 1.00 e. The quantitative estimate of drug-likeness (QED) is 0.257. The summed E-state index contributed by atoms with van der Waals surface area (Å²) < 4.78 is 1.58. The summed E-state index contributed by atoms with van der Waals surface area (Å²) >= 11 is 1.11. The average Bonchev–Trinajstić information content (AvgIpc) is 3.45. The van der Waals surface area contributed by atoms with Gasteiger partial charge in [0.1, 0.15) is 0 Å². The van der Waals surface area contributed by atoms with Gasteiger partial charge in [0.15, 0.2) is 0 Å². The molecule has 8 rings (SSSR count). The van der Waals surface area contributed by atoms with Gasteiger partial charge in [-0.15, -0.1) is 0 Å². The van der Waals surface area contributed by atoms with E-state index in [4.69, 9.17) is 0 Å². The molecular formula is C40H35Cl2Hf. The molecule has 0 fully saturated rings. The van der Waals surface area contributed by atoms with E-state index < -0.39 is 0 Å². The second-order valence-corrected chi connectivity index (χ2v) is 13.7. The molecule has 0 spiro atoms. The molecule has 0 saturated heterocycles. The van der Waals surface area contributed by atoms with Crippen molar-refractivity contribution >= 4 is 41.6 Å². The molecule has 43 heavy (non-hydrogen) atoms. The Labute approximate surface area is 282 Å². The minimum atomic E-state index is 0. The zero-order valence-electron chi connectivity index (χ0n) is 25.5. The van der Waals surface area contributed by atoms with Gasteiger partial charge in [-0.2, -0.15) is 0 Å². The Morgan fingerprint density at radius 3 is 1.65 bits per heavy atom.